The van der Waals surface area contributed by atoms with Gasteiger partial charge in [0.25, 0.3) is 22.9 Å². The molecule has 9 nitrogen and oxygen atoms in total. The fourth-order valence-corrected chi connectivity index (χ4v) is 4.10. The zero-order valence-corrected chi connectivity index (χ0v) is 19.2. The smallest absolute Gasteiger partial charge is 0.283 e. The molecule has 182 valence electrons. The van der Waals surface area contributed by atoms with Crippen LogP contribution in [0.15, 0.2) is 41.3 Å². The molecule has 3 aromatic rings. The minimum atomic E-state index is -4.05. The molecule has 34 heavy (non-hydrogen) atoms. The Morgan fingerprint density at radius 3 is 2.18 bits per heavy atom. The molecule has 0 saturated heterocycles. The minimum Gasteiger partial charge on any atom is -0.324 e. The molecule has 1 atom stereocenters. The lowest BCUT2D eigenvalue weighted by atomic mass is 10.2. The van der Waals surface area contributed by atoms with E-state index >= 15 is 0 Å². The van der Waals surface area contributed by atoms with Gasteiger partial charge in [0.2, 0.25) is 5.91 Å². The van der Waals surface area contributed by atoms with Gasteiger partial charge < -0.3 is 5.32 Å². The summed E-state index contributed by atoms with van der Waals surface area (Å²) in [7, 11) is -4.05. The molecule has 0 radical (unpaired) electrons. The Bertz CT molecular complexity index is 1290. The monoisotopic (exact) mass is 540 g/mol. The molecule has 0 saturated carbocycles. The standard InChI is InChI=1S/C18H14Cl2F4N6O3S/c1-8(30-15(17(23)24)13(20)14(28-30)16(21)22)18(31)25-9-2-4-10(5-3-9)34(32,33)29-12-7-6-11(19)26-27-12/h2-8,16-17H,1H3,(H,25,31)(H,27,29). The number of hydrogen-bond acceptors (Lipinski definition) is 6. The molecule has 0 spiro atoms. The Morgan fingerprint density at radius 2 is 1.65 bits per heavy atom. The molecule has 0 aliphatic heterocycles. The van der Waals surface area contributed by atoms with Crippen LogP contribution in [-0.4, -0.2) is 34.3 Å². The van der Waals surface area contributed by atoms with Gasteiger partial charge in [-0.15, -0.1) is 10.2 Å². The van der Waals surface area contributed by atoms with E-state index in [0.29, 0.717) is 4.68 Å². The van der Waals surface area contributed by atoms with Crippen molar-refractivity contribution >= 4 is 50.6 Å². The first-order chi connectivity index (χ1) is 15.9. The molecular formula is C18H14Cl2F4N6O3S. The van der Waals surface area contributed by atoms with Crippen molar-refractivity contribution < 1.29 is 30.8 Å². The molecule has 0 bridgehead atoms. The van der Waals surface area contributed by atoms with E-state index in [1.165, 1.54) is 24.3 Å². The highest BCUT2D eigenvalue weighted by atomic mass is 35.5. The van der Waals surface area contributed by atoms with Crippen molar-refractivity contribution in [2.75, 3.05) is 10.0 Å². The minimum absolute atomic E-state index is 0.0701. The Morgan fingerprint density at radius 1 is 1.00 bits per heavy atom. The summed E-state index contributed by atoms with van der Waals surface area (Å²) in [5.74, 6) is -0.960. The van der Waals surface area contributed by atoms with Crippen molar-refractivity contribution in [3.63, 3.8) is 0 Å². The molecule has 2 aromatic heterocycles. The number of nitrogens with zero attached hydrogens (tertiary/aromatic N) is 4. The van der Waals surface area contributed by atoms with Crippen molar-refractivity contribution in [1.82, 2.24) is 20.0 Å². The number of amides is 1. The Hall–Kier alpha value is -2.97. The normalized spacial score (nSPS) is 12.7. The van der Waals surface area contributed by atoms with Crippen molar-refractivity contribution in [2.45, 2.75) is 30.7 Å². The number of carbonyl (C=O) groups is 1. The lowest BCUT2D eigenvalue weighted by Crippen LogP contribution is -2.26. The summed E-state index contributed by atoms with van der Waals surface area (Å²) in [5, 5.41) is 12.0. The van der Waals surface area contributed by atoms with Gasteiger partial charge in [0, 0.05) is 5.69 Å². The first kappa shape index (κ1) is 25.6. The number of anilines is 2. The zero-order valence-electron chi connectivity index (χ0n) is 16.9. The number of aromatic nitrogens is 4. The summed E-state index contributed by atoms with van der Waals surface area (Å²) in [4.78, 5) is 12.3. The second kappa shape index (κ2) is 10.1. The lowest BCUT2D eigenvalue weighted by molar-refractivity contribution is -0.119. The van der Waals surface area contributed by atoms with Crippen LogP contribution in [-0.2, 0) is 14.8 Å². The Kier molecular flexibility index (Phi) is 7.63. The molecule has 1 aromatic carbocycles. The molecule has 0 aliphatic rings. The molecule has 3 rings (SSSR count). The molecule has 1 amide bonds. The third-order valence-electron chi connectivity index (χ3n) is 4.37. The first-order valence-electron chi connectivity index (χ1n) is 9.17. The molecule has 1 unspecified atom stereocenters. The maximum Gasteiger partial charge on any atom is 0.283 e. The highest BCUT2D eigenvalue weighted by Gasteiger charge is 2.32. The summed E-state index contributed by atoms with van der Waals surface area (Å²) < 4.78 is 80.2. The number of benzene rings is 1. The summed E-state index contributed by atoms with van der Waals surface area (Å²) in [6.07, 6.45) is -6.48. The van der Waals surface area contributed by atoms with Crippen molar-refractivity contribution in [3.8, 4) is 0 Å². The average molecular weight is 541 g/mol. The highest BCUT2D eigenvalue weighted by Crippen LogP contribution is 2.36. The molecule has 0 aliphatic carbocycles. The highest BCUT2D eigenvalue weighted by molar-refractivity contribution is 7.92. The molecule has 16 heteroatoms. The van der Waals surface area contributed by atoms with Crippen molar-refractivity contribution in [1.29, 1.82) is 0 Å². The third kappa shape index (κ3) is 5.56. The third-order valence-corrected chi connectivity index (χ3v) is 6.33. The zero-order chi connectivity index (χ0) is 25.2. The number of carbonyl (C=O) groups excluding carboxylic acids is 1. The molecular weight excluding hydrogens is 527 g/mol. The van der Waals surface area contributed by atoms with Crippen LogP contribution in [0.1, 0.15) is 37.2 Å². The molecule has 0 fully saturated rings. The number of hydrogen-bond donors (Lipinski definition) is 2. The van der Waals surface area contributed by atoms with Gasteiger partial charge in [-0.25, -0.2) is 30.7 Å². The summed E-state index contributed by atoms with van der Waals surface area (Å²) in [6.45, 7) is 1.16. The van der Waals surface area contributed by atoms with Gasteiger partial charge in [0.15, 0.2) is 11.0 Å². The van der Waals surface area contributed by atoms with E-state index in [-0.39, 0.29) is 21.6 Å². The first-order valence-corrected chi connectivity index (χ1v) is 11.4. The molecule has 2 N–H and O–H groups in total. The maximum absolute atomic E-state index is 13.3. The number of nitrogens with one attached hydrogen (secondary N) is 2. The van der Waals surface area contributed by atoms with Crippen molar-refractivity contribution in [3.05, 3.63) is 58.0 Å². The van der Waals surface area contributed by atoms with Crippen LogP contribution in [0.2, 0.25) is 10.2 Å². The van der Waals surface area contributed by atoms with Crippen LogP contribution in [0.5, 0.6) is 0 Å². The predicted molar refractivity (Wildman–Crippen MR) is 115 cm³/mol. The van der Waals surface area contributed by atoms with Crippen LogP contribution in [0.3, 0.4) is 0 Å². The largest absolute Gasteiger partial charge is 0.324 e. The summed E-state index contributed by atoms with van der Waals surface area (Å²) >= 11 is 11.2. The van der Waals surface area contributed by atoms with E-state index in [0.717, 1.165) is 19.1 Å². The fraction of sp³-hybridized carbons (Fsp3) is 0.222. The SMILES string of the molecule is CC(C(=O)Nc1ccc(S(=O)(=O)Nc2ccc(Cl)nn2)cc1)n1nc(C(F)F)c(Cl)c1C(F)F. The topological polar surface area (TPSA) is 119 Å². The average Bonchev–Trinajstić information content (AvgIpc) is 3.12. The van der Waals surface area contributed by atoms with Gasteiger partial charge >= 0.3 is 0 Å². The van der Waals surface area contributed by atoms with E-state index in [1.807, 2.05) is 0 Å². The van der Waals surface area contributed by atoms with Gasteiger partial charge in [-0.2, -0.15) is 5.10 Å². The predicted octanol–water partition coefficient (Wildman–Crippen LogP) is 4.86. The Balaban J connectivity index is 1.76. The van der Waals surface area contributed by atoms with Crippen LogP contribution < -0.4 is 10.0 Å². The Labute approximate surface area is 200 Å². The lowest BCUT2D eigenvalue weighted by Gasteiger charge is -2.16. The van der Waals surface area contributed by atoms with E-state index in [9.17, 15) is 30.8 Å². The van der Waals surface area contributed by atoms with Gasteiger partial charge in [-0.05, 0) is 43.3 Å². The van der Waals surface area contributed by atoms with Crippen molar-refractivity contribution in [2.24, 2.45) is 0 Å². The number of rotatable bonds is 8. The van der Waals surface area contributed by atoms with E-state index < -0.39 is 51.2 Å². The second-order valence-electron chi connectivity index (χ2n) is 6.67. The summed E-state index contributed by atoms with van der Waals surface area (Å²) in [5.41, 5.74) is -1.98. The summed E-state index contributed by atoms with van der Waals surface area (Å²) in [6, 6.07) is 6.00. The number of alkyl halides is 4. The van der Waals surface area contributed by atoms with Crippen LogP contribution in [0.4, 0.5) is 29.1 Å². The van der Waals surface area contributed by atoms with Gasteiger partial charge in [-0.3, -0.25) is 9.52 Å². The number of halogens is 6. The van der Waals surface area contributed by atoms with E-state index in [4.69, 9.17) is 23.2 Å². The van der Waals surface area contributed by atoms with E-state index in [2.05, 4.69) is 25.3 Å². The van der Waals surface area contributed by atoms with Gasteiger partial charge in [0.1, 0.15) is 17.4 Å². The van der Waals surface area contributed by atoms with Crippen LogP contribution in [0, 0.1) is 0 Å². The molecule has 2 heterocycles. The van der Waals surface area contributed by atoms with Gasteiger partial charge in [0.05, 0.1) is 9.92 Å². The second-order valence-corrected chi connectivity index (χ2v) is 9.11. The van der Waals surface area contributed by atoms with Crippen LogP contribution in [0.25, 0.3) is 0 Å². The quantitative estimate of drug-likeness (QED) is 0.394. The van der Waals surface area contributed by atoms with E-state index in [1.54, 1.807) is 0 Å². The maximum atomic E-state index is 13.3. The van der Waals surface area contributed by atoms with Gasteiger partial charge in [-0.1, -0.05) is 23.2 Å². The number of sulfonamides is 1. The van der Waals surface area contributed by atoms with Crippen LogP contribution >= 0.6 is 23.2 Å². The fourth-order valence-electron chi connectivity index (χ4n) is 2.72.